The van der Waals surface area contributed by atoms with Crippen molar-refractivity contribution in [3.63, 3.8) is 0 Å². The molecule has 6 nitrogen and oxygen atoms in total. The Morgan fingerprint density at radius 2 is 1.88 bits per heavy atom. The number of hydrogen-bond acceptors (Lipinski definition) is 3. The Morgan fingerprint density at radius 3 is 2.62 bits per heavy atom. The van der Waals surface area contributed by atoms with Gasteiger partial charge in [0.15, 0.2) is 5.82 Å². The number of aryl methyl sites for hydroxylation is 2. The summed E-state index contributed by atoms with van der Waals surface area (Å²) in [6.07, 6.45) is 7.43. The van der Waals surface area contributed by atoms with Crippen molar-refractivity contribution in [1.29, 1.82) is 0 Å². The number of amides is 1. The van der Waals surface area contributed by atoms with Crippen LogP contribution in [0.4, 0.5) is 10.1 Å². The SMILES string of the molecule is Cc1ccc(-c2cccn3c(-c4cn(C)cn4)ncc23)cc1C(=O)Nc1ccc(F)cc1. The molecule has 0 aliphatic rings. The third-order valence-electron chi connectivity index (χ3n) is 5.40. The van der Waals surface area contributed by atoms with E-state index in [0.29, 0.717) is 11.3 Å². The summed E-state index contributed by atoms with van der Waals surface area (Å²) < 4.78 is 17.0. The average molecular weight is 425 g/mol. The van der Waals surface area contributed by atoms with E-state index in [0.717, 1.165) is 33.7 Å². The van der Waals surface area contributed by atoms with Gasteiger partial charge in [-0.15, -0.1) is 0 Å². The van der Waals surface area contributed by atoms with Gasteiger partial charge in [-0.2, -0.15) is 0 Å². The molecule has 0 radical (unpaired) electrons. The minimum Gasteiger partial charge on any atom is -0.340 e. The van der Waals surface area contributed by atoms with Crippen LogP contribution < -0.4 is 5.32 Å². The zero-order valence-corrected chi connectivity index (χ0v) is 17.6. The second kappa shape index (κ2) is 7.77. The molecule has 1 N–H and O–H groups in total. The quantitative estimate of drug-likeness (QED) is 0.436. The third kappa shape index (κ3) is 3.54. The van der Waals surface area contributed by atoms with Gasteiger partial charge in [-0.05, 0) is 54.4 Å². The van der Waals surface area contributed by atoms with Crippen molar-refractivity contribution < 1.29 is 9.18 Å². The van der Waals surface area contributed by atoms with Gasteiger partial charge >= 0.3 is 0 Å². The number of benzene rings is 2. The van der Waals surface area contributed by atoms with Crippen LogP contribution in [-0.2, 0) is 7.05 Å². The summed E-state index contributed by atoms with van der Waals surface area (Å²) in [5, 5.41) is 2.84. The van der Waals surface area contributed by atoms with Crippen molar-refractivity contribution in [2.75, 3.05) is 5.32 Å². The van der Waals surface area contributed by atoms with E-state index in [1.54, 1.807) is 18.5 Å². The molecule has 3 heterocycles. The van der Waals surface area contributed by atoms with E-state index in [2.05, 4.69) is 15.3 Å². The van der Waals surface area contributed by atoms with E-state index < -0.39 is 0 Å². The first kappa shape index (κ1) is 19.7. The summed E-state index contributed by atoms with van der Waals surface area (Å²) >= 11 is 0. The molecule has 0 unspecified atom stereocenters. The monoisotopic (exact) mass is 425 g/mol. The highest BCUT2D eigenvalue weighted by atomic mass is 19.1. The molecule has 0 saturated heterocycles. The van der Waals surface area contributed by atoms with Gasteiger partial charge in [0.25, 0.3) is 5.91 Å². The molecule has 3 aromatic heterocycles. The van der Waals surface area contributed by atoms with Crippen molar-refractivity contribution in [3.8, 4) is 22.6 Å². The highest BCUT2D eigenvalue weighted by Gasteiger charge is 2.15. The number of aromatic nitrogens is 4. The fourth-order valence-corrected chi connectivity index (χ4v) is 3.75. The highest BCUT2D eigenvalue weighted by molar-refractivity contribution is 6.06. The molecule has 5 rings (SSSR count). The van der Waals surface area contributed by atoms with E-state index in [9.17, 15) is 9.18 Å². The minimum atomic E-state index is -0.347. The number of carbonyl (C=O) groups is 1. The fourth-order valence-electron chi connectivity index (χ4n) is 3.75. The maximum Gasteiger partial charge on any atom is 0.255 e. The standard InChI is InChI=1S/C25H20FN5O/c1-16-5-6-17(12-21(16)25(32)29-19-9-7-18(26)8-10-19)20-4-3-11-31-23(20)13-27-24(31)22-14-30(2)15-28-22/h3-15H,1-2H3,(H,29,32). The minimum absolute atomic E-state index is 0.245. The number of pyridine rings is 1. The number of hydrogen-bond donors (Lipinski definition) is 1. The molecular weight excluding hydrogens is 405 g/mol. The number of nitrogens with one attached hydrogen (secondary N) is 1. The van der Waals surface area contributed by atoms with Crippen LogP contribution in [0.3, 0.4) is 0 Å². The van der Waals surface area contributed by atoms with Gasteiger partial charge in [-0.25, -0.2) is 14.4 Å². The van der Waals surface area contributed by atoms with Gasteiger partial charge in [0.2, 0.25) is 0 Å². The predicted octanol–water partition coefficient (Wildman–Crippen LogP) is 5.10. The van der Waals surface area contributed by atoms with Gasteiger partial charge < -0.3 is 9.88 Å². The maximum atomic E-state index is 13.2. The first-order valence-corrected chi connectivity index (χ1v) is 10.1. The van der Waals surface area contributed by atoms with Gasteiger partial charge in [-0.3, -0.25) is 9.20 Å². The summed E-state index contributed by atoms with van der Waals surface area (Å²) in [6.45, 7) is 1.89. The summed E-state index contributed by atoms with van der Waals surface area (Å²) in [4.78, 5) is 21.9. The van der Waals surface area contributed by atoms with Crippen molar-refractivity contribution in [2.45, 2.75) is 6.92 Å². The van der Waals surface area contributed by atoms with E-state index in [1.807, 2.05) is 71.9 Å². The number of anilines is 1. The Bertz CT molecular complexity index is 1450. The van der Waals surface area contributed by atoms with Crippen LogP contribution in [0.15, 0.2) is 79.5 Å². The lowest BCUT2D eigenvalue weighted by Crippen LogP contribution is -2.13. The van der Waals surface area contributed by atoms with E-state index in [1.165, 1.54) is 12.1 Å². The Labute approximate surface area is 184 Å². The molecule has 0 saturated carbocycles. The fraction of sp³-hybridized carbons (Fsp3) is 0.0800. The van der Waals surface area contributed by atoms with Crippen molar-refractivity contribution in [1.82, 2.24) is 18.9 Å². The van der Waals surface area contributed by atoms with E-state index in [-0.39, 0.29) is 11.7 Å². The van der Waals surface area contributed by atoms with Crippen LogP contribution in [0.5, 0.6) is 0 Å². The van der Waals surface area contributed by atoms with Crippen LogP contribution >= 0.6 is 0 Å². The topological polar surface area (TPSA) is 64.2 Å². The second-order valence-corrected chi connectivity index (χ2v) is 7.67. The predicted molar refractivity (Wildman–Crippen MR) is 122 cm³/mol. The molecule has 0 aliphatic heterocycles. The lowest BCUT2D eigenvalue weighted by molar-refractivity contribution is 0.102. The number of halogens is 1. The molecule has 0 aliphatic carbocycles. The van der Waals surface area contributed by atoms with Crippen molar-refractivity contribution in [3.05, 3.63) is 96.5 Å². The molecule has 0 bridgehead atoms. The van der Waals surface area contributed by atoms with Crippen molar-refractivity contribution >= 4 is 17.1 Å². The smallest absolute Gasteiger partial charge is 0.255 e. The number of fused-ring (bicyclic) bond motifs is 1. The van der Waals surface area contributed by atoms with Gasteiger partial charge in [0.05, 0.1) is 18.0 Å². The Balaban J connectivity index is 1.53. The molecule has 7 heteroatoms. The molecule has 0 atom stereocenters. The summed E-state index contributed by atoms with van der Waals surface area (Å²) in [5.41, 5.74) is 5.51. The summed E-state index contributed by atoms with van der Waals surface area (Å²) in [7, 11) is 1.92. The first-order chi connectivity index (χ1) is 15.5. The number of carbonyl (C=O) groups excluding carboxylic acids is 1. The van der Waals surface area contributed by atoms with Crippen LogP contribution in [0.25, 0.3) is 28.2 Å². The summed E-state index contributed by atoms with van der Waals surface area (Å²) in [5.74, 6) is 0.162. The Kier molecular flexibility index (Phi) is 4.78. The molecule has 0 spiro atoms. The number of imidazole rings is 2. The van der Waals surface area contributed by atoms with Crippen molar-refractivity contribution in [2.24, 2.45) is 7.05 Å². The second-order valence-electron chi connectivity index (χ2n) is 7.67. The Morgan fingerprint density at radius 1 is 1.06 bits per heavy atom. The van der Waals surface area contributed by atoms with Crippen LogP contribution in [0.1, 0.15) is 15.9 Å². The maximum absolute atomic E-state index is 13.2. The van der Waals surface area contributed by atoms with Crippen LogP contribution in [0, 0.1) is 12.7 Å². The number of nitrogens with zero attached hydrogens (tertiary/aromatic N) is 4. The van der Waals surface area contributed by atoms with Crippen LogP contribution in [0.2, 0.25) is 0 Å². The molecule has 32 heavy (non-hydrogen) atoms. The van der Waals surface area contributed by atoms with Gasteiger partial charge in [0, 0.05) is 36.3 Å². The zero-order valence-electron chi connectivity index (χ0n) is 17.6. The molecular formula is C25H20FN5O. The molecule has 1 amide bonds. The highest BCUT2D eigenvalue weighted by Crippen LogP contribution is 2.29. The number of rotatable bonds is 4. The third-order valence-corrected chi connectivity index (χ3v) is 5.40. The lowest BCUT2D eigenvalue weighted by atomic mass is 9.99. The Hall–Kier alpha value is -4.26. The lowest BCUT2D eigenvalue weighted by Gasteiger charge is -2.11. The summed E-state index contributed by atoms with van der Waals surface area (Å²) in [6, 6.07) is 15.5. The van der Waals surface area contributed by atoms with Crippen LogP contribution in [-0.4, -0.2) is 24.8 Å². The molecule has 5 aromatic rings. The first-order valence-electron chi connectivity index (χ1n) is 10.1. The molecule has 2 aromatic carbocycles. The largest absolute Gasteiger partial charge is 0.340 e. The zero-order chi connectivity index (χ0) is 22.2. The molecule has 0 fully saturated rings. The average Bonchev–Trinajstić information content (AvgIpc) is 3.41. The van der Waals surface area contributed by atoms with Gasteiger partial charge in [0.1, 0.15) is 11.5 Å². The van der Waals surface area contributed by atoms with E-state index >= 15 is 0 Å². The van der Waals surface area contributed by atoms with E-state index in [4.69, 9.17) is 0 Å². The van der Waals surface area contributed by atoms with Gasteiger partial charge in [-0.1, -0.05) is 18.2 Å². The molecule has 158 valence electrons. The normalized spacial score (nSPS) is 11.1.